The Morgan fingerprint density at radius 1 is 1.20 bits per heavy atom. The minimum Gasteiger partial charge on any atom is -0.330 e. The summed E-state index contributed by atoms with van der Waals surface area (Å²) in [6.07, 6.45) is 1.07. The van der Waals surface area contributed by atoms with Crippen LogP contribution in [0.25, 0.3) is 0 Å². The molecule has 1 unspecified atom stereocenters. The van der Waals surface area contributed by atoms with E-state index in [4.69, 9.17) is 5.73 Å². The van der Waals surface area contributed by atoms with E-state index in [0.717, 1.165) is 13.0 Å². The average Bonchev–Trinajstić information content (AvgIpc) is 2.21. The van der Waals surface area contributed by atoms with Crippen LogP contribution in [0.15, 0.2) is 24.3 Å². The van der Waals surface area contributed by atoms with Crippen molar-refractivity contribution in [2.45, 2.75) is 34.1 Å². The van der Waals surface area contributed by atoms with Gasteiger partial charge in [0, 0.05) is 0 Å². The van der Waals surface area contributed by atoms with Gasteiger partial charge in [-0.1, -0.05) is 50.6 Å². The lowest BCUT2D eigenvalue weighted by molar-refractivity contribution is 0.227. The fourth-order valence-electron chi connectivity index (χ4n) is 1.68. The Labute approximate surface area is 93.7 Å². The van der Waals surface area contributed by atoms with E-state index in [0.29, 0.717) is 5.92 Å². The van der Waals surface area contributed by atoms with Crippen LogP contribution in [-0.4, -0.2) is 6.54 Å². The quantitative estimate of drug-likeness (QED) is 0.803. The van der Waals surface area contributed by atoms with Crippen molar-refractivity contribution in [2.24, 2.45) is 17.1 Å². The van der Waals surface area contributed by atoms with Gasteiger partial charge in [0.05, 0.1) is 0 Å². The van der Waals surface area contributed by atoms with Gasteiger partial charge in [-0.15, -0.1) is 0 Å². The van der Waals surface area contributed by atoms with Gasteiger partial charge in [0.15, 0.2) is 0 Å². The fourth-order valence-corrected chi connectivity index (χ4v) is 1.68. The summed E-state index contributed by atoms with van der Waals surface area (Å²) < 4.78 is 0. The first kappa shape index (κ1) is 12.3. The number of aryl methyl sites for hydroxylation is 1. The minimum absolute atomic E-state index is 0.218. The van der Waals surface area contributed by atoms with Gasteiger partial charge in [-0.3, -0.25) is 0 Å². The Morgan fingerprint density at radius 3 is 2.13 bits per heavy atom. The standard InChI is InChI=1S/C14H23N/c1-11(2)14(4,10-15)9-13-7-5-12(3)6-8-13/h5-8,11H,9-10,15H2,1-4H3. The molecule has 2 N–H and O–H groups in total. The predicted octanol–water partition coefficient (Wildman–Crippen LogP) is 3.16. The molecule has 0 saturated carbocycles. The molecule has 0 aliphatic rings. The molecule has 1 aromatic carbocycles. The zero-order valence-corrected chi connectivity index (χ0v) is 10.4. The summed E-state index contributed by atoms with van der Waals surface area (Å²) in [7, 11) is 0. The summed E-state index contributed by atoms with van der Waals surface area (Å²) in [5.74, 6) is 0.615. The lowest BCUT2D eigenvalue weighted by Gasteiger charge is -2.32. The third-order valence-corrected chi connectivity index (χ3v) is 3.59. The normalized spacial score (nSPS) is 15.3. The minimum atomic E-state index is 0.218. The molecule has 1 nitrogen and oxygen atoms in total. The van der Waals surface area contributed by atoms with Crippen LogP contribution in [0.2, 0.25) is 0 Å². The van der Waals surface area contributed by atoms with Crippen LogP contribution < -0.4 is 5.73 Å². The van der Waals surface area contributed by atoms with E-state index in [-0.39, 0.29) is 5.41 Å². The summed E-state index contributed by atoms with van der Waals surface area (Å²) in [6.45, 7) is 9.65. The van der Waals surface area contributed by atoms with Crippen LogP contribution in [0, 0.1) is 18.3 Å². The van der Waals surface area contributed by atoms with Gasteiger partial charge in [0.2, 0.25) is 0 Å². The van der Waals surface area contributed by atoms with Gasteiger partial charge in [-0.05, 0) is 36.8 Å². The first-order valence-corrected chi connectivity index (χ1v) is 5.73. The van der Waals surface area contributed by atoms with Crippen molar-refractivity contribution in [3.8, 4) is 0 Å². The van der Waals surface area contributed by atoms with Crippen LogP contribution in [0.1, 0.15) is 31.9 Å². The van der Waals surface area contributed by atoms with E-state index in [1.54, 1.807) is 0 Å². The van der Waals surface area contributed by atoms with E-state index in [1.807, 2.05) is 0 Å². The highest BCUT2D eigenvalue weighted by molar-refractivity contribution is 5.22. The number of nitrogens with two attached hydrogens (primary N) is 1. The van der Waals surface area contributed by atoms with E-state index in [1.165, 1.54) is 11.1 Å². The second-order valence-electron chi connectivity index (χ2n) is 5.18. The van der Waals surface area contributed by atoms with Gasteiger partial charge >= 0.3 is 0 Å². The summed E-state index contributed by atoms with van der Waals surface area (Å²) in [6, 6.07) is 8.77. The van der Waals surface area contributed by atoms with Crippen molar-refractivity contribution in [2.75, 3.05) is 6.54 Å². The number of benzene rings is 1. The Hall–Kier alpha value is -0.820. The van der Waals surface area contributed by atoms with Crippen LogP contribution in [0.4, 0.5) is 0 Å². The zero-order valence-electron chi connectivity index (χ0n) is 10.4. The molecule has 0 amide bonds. The van der Waals surface area contributed by atoms with Gasteiger partial charge in [0.25, 0.3) is 0 Å². The lowest BCUT2D eigenvalue weighted by Crippen LogP contribution is -2.34. The Balaban J connectivity index is 2.79. The third-order valence-electron chi connectivity index (χ3n) is 3.59. The highest BCUT2D eigenvalue weighted by Gasteiger charge is 2.26. The number of rotatable bonds is 4. The Kier molecular flexibility index (Phi) is 3.92. The summed E-state index contributed by atoms with van der Waals surface area (Å²) in [5.41, 5.74) is 8.81. The first-order valence-electron chi connectivity index (χ1n) is 5.73. The van der Waals surface area contributed by atoms with E-state index < -0.39 is 0 Å². The molecule has 1 atom stereocenters. The molecule has 0 aliphatic heterocycles. The van der Waals surface area contributed by atoms with Gasteiger partial charge < -0.3 is 5.73 Å². The van der Waals surface area contributed by atoms with Crippen molar-refractivity contribution < 1.29 is 0 Å². The summed E-state index contributed by atoms with van der Waals surface area (Å²) >= 11 is 0. The molecule has 0 bridgehead atoms. The SMILES string of the molecule is Cc1ccc(CC(C)(CN)C(C)C)cc1. The molecule has 0 saturated heterocycles. The van der Waals surface area contributed by atoms with Crippen molar-refractivity contribution >= 4 is 0 Å². The maximum atomic E-state index is 5.89. The van der Waals surface area contributed by atoms with E-state index in [9.17, 15) is 0 Å². The van der Waals surface area contributed by atoms with Gasteiger partial charge in [0.1, 0.15) is 0 Å². The van der Waals surface area contributed by atoms with Crippen molar-refractivity contribution in [3.63, 3.8) is 0 Å². The Bertz CT molecular complexity index is 300. The monoisotopic (exact) mass is 205 g/mol. The predicted molar refractivity (Wildman–Crippen MR) is 66.9 cm³/mol. The first-order chi connectivity index (χ1) is 6.98. The second kappa shape index (κ2) is 4.80. The molecule has 0 heterocycles. The fraction of sp³-hybridized carbons (Fsp3) is 0.571. The molecule has 0 fully saturated rings. The van der Waals surface area contributed by atoms with Crippen LogP contribution in [-0.2, 0) is 6.42 Å². The third kappa shape index (κ3) is 3.07. The zero-order chi connectivity index (χ0) is 11.5. The van der Waals surface area contributed by atoms with Crippen molar-refractivity contribution in [1.29, 1.82) is 0 Å². The highest BCUT2D eigenvalue weighted by atomic mass is 14.6. The van der Waals surface area contributed by atoms with Crippen molar-refractivity contribution in [1.82, 2.24) is 0 Å². The summed E-state index contributed by atoms with van der Waals surface area (Å²) in [4.78, 5) is 0. The molecule has 1 heteroatoms. The number of hydrogen-bond acceptors (Lipinski definition) is 1. The molecule has 1 rings (SSSR count). The molecular formula is C14H23N. The largest absolute Gasteiger partial charge is 0.330 e. The molecular weight excluding hydrogens is 182 g/mol. The average molecular weight is 205 g/mol. The Morgan fingerprint density at radius 2 is 1.73 bits per heavy atom. The highest BCUT2D eigenvalue weighted by Crippen LogP contribution is 2.30. The second-order valence-corrected chi connectivity index (χ2v) is 5.18. The topological polar surface area (TPSA) is 26.0 Å². The molecule has 0 radical (unpaired) electrons. The van der Waals surface area contributed by atoms with Gasteiger partial charge in [-0.25, -0.2) is 0 Å². The van der Waals surface area contributed by atoms with Crippen molar-refractivity contribution in [3.05, 3.63) is 35.4 Å². The van der Waals surface area contributed by atoms with E-state index in [2.05, 4.69) is 52.0 Å². The summed E-state index contributed by atoms with van der Waals surface area (Å²) in [5, 5.41) is 0. The molecule has 84 valence electrons. The molecule has 15 heavy (non-hydrogen) atoms. The van der Waals surface area contributed by atoms with Gasteiger partial charge in [-0.2, -0.15) is 0 Å². The molecule has 0 aliphatic carbocycles. The lowest BCUT2D eigenvalue weighted by atomic mass is 9.74. The maximum absolute atomic E-state index is 5.89. The van der Waals surface area contributed by atoms with Crippen LogP contribution in [0.5, 0.6) is 0 Å². The molecule has 0 spiro atoms. The molecule has 1 aromatic rings. The molecule has 0 aromatic heterocycles. The van der Waals surface area contributed by atoms with E-state index >= 15 is 0 Å². The van der Waals surface area contributed by atoms with Crippen LogP contribution in [0.3, 0.4) is 0 Å². The number of hydrogen-bond donors (Lipinski definition) is 1. The maximum Gasteiger partial charge on any atom is -0.00175 e. The smallest absolute Gasteiger partial charge is 0.00175 e. The van der Waals surface area contributed by atoms with Crippen LogP contribution >= 0.6 is 0 Å².